The van der Waals surface area contributed by atoms with Gasteiger partial charge in [0, 0.05) is 35.6 Å². The number of hydrazone groups is 1. The van der Waals surface area contributed by atoms with Gasteiger partial charge in [-0.1, -0.05) is 12.1 Å². The second kappa shape index (κ2) is 8.20. The molecule has 0 spiro atoms. The number of anilines is 1. The zero-order valence-corrected chi connectivity index (χ0v) is 16.3. The first kappa shape index (κ1) is 19.4. The van der Waals surface area contributed by atoms with Gasteiger partial charge in [0.25, 0.3) is 11.8 Å². The number of para-hydroxylation sites is 1. The van der Waals surface area contributed by atoms with Crippen molar-refractivity contribution in [3.63, 3.8) is 0 Å². The minimum absolute atomic E-state index is 0.117. The molecule has 4 rings (SSSR count). The zero-order chi connectivity index (χ0) is 21.1. The molecule has 1 aliphatic rings. The lowest BCUT2D eigenvalue weighted by molar-refractivity contribution is 0.0950. The standard InChI is InChI=1S/C22H20N4O4/c1-13-19-16(25-26-21(28)15-5-2-3-7-17(15)27)6-4-8-18(19)30-20(13)22(29)24-14-9-11-23-12-10-14/h2-3,5,7,9-12,27H,4,6,8H2,1H3,(H,26,28)(H,23,24,29)/b25-16+. The number of nitrogens with zero attached hydrogens (tertiary/aromatic N) is 2. The molecule has 0 aliphatic heterocycles. The van der Waals surface area contributed by atoms with Gasteiger partial charge in [0.1, 0.15) is 11.5 Å². The van der Waals surface area contributed by atoms with Crippen LogP contribution in [-0.2, 0) is 6.42 Å². The maximum absolute atomic E-state index is 12.7. The maximum Gasteiger partial charge on any atom is 0.291 e. The fourth-order valence-electron chi connectivity index (χ4n) is 3.46. The van der Waals surface area contributed by atoms with E-state index in [1.807, 2.05) is 0 Å². The lowest BCUT2D eigenvalue weighted by Gasteiger charge is -2.13. The average molecular weight is 404 g/mol. The number of aryl methyl sites for hydroxylation is 1. The van der Waals surface area contributed by atoms with Crippen LogP contribution in [0.15, 0.2) is 58.3 Å². The molecule has 3 aromatic rings. The molecule has 0 saturated carbocycles. The van der Waals surface area contributed by atoms with Crippen molar-refractivity contribution >= 4 is 23.2 Å². The molecule has 2 amide bonds. The fraction of sp³-hybridized carbons (Fsp3) is 0.182. The molecule has 0 fully saturated rings. The Hall–Kier alpha value is -3.94. The minimum atomic E-state index is -0.510. The van der Waals surface area contributed by atoms with E-state index in [2.05, 4.69) is 20.8 Å². The second-order valence-electron chi connectivity index (χ2n) is 6.91. The number of hydrogen-bond acceptors (Lipinski definition) is 6. The fourth-order valence-corrected chi connectivity index (χ4v) is 3.46. The number of phenolic OH excluding ortho intramolecular Hbond substituents is 1. The van der Waals surface area contributed by atoms with Gasteiger partial charge < -0.3 is 14.8 Å². The van der Waals surface area contributed by atoms with Gasteiger partial charge >= 0.3 is 0 Å². The van der Waals surface area contributed by atoms with Crippen LogP contribution in [0.5, 0.6) is 5.75 Å². The van der Waals surface area contributed by atoms with Crippen molar-refractivity contribution in [3.05, 3.63) is 77.0 Å². The summed E-state index contributed by atoms with van der Waals surface area (Å²) in [6.07, 6.45) is 5.29. The number of amides is 2. The van der Waals surface area contributed by atoms with Gasteiger partial charge in [-0.3, -0.25) is 14.6 Å². The highest BCUT2D eigenvalue weighted by Crippen LogP contribution is 2.30. The van der Waals surface area contributed by atoms with Crippen molar-refractivity contribution in [1.82, 2.24) is 10.4 Å². The molecule has 1 aromatic carbocycles. The molecule has 0 atom stereocenters. The summed E-state index contributed by atoms with van der Waals surface area (Å²) in [5.41, 5.74) is 5.32. The van der Waals surface area contributed by atoms with Crippen LogP contribution in [-0.4, -0.2) is 27.6 Å². The summed E-state index contributed by atoms with van der Waals surface area (Å²) in [6, 6.07) is 9.64. The predicted octanol–water partition coefficient (Wildman–Crippen LogP) is 3.41. The molecule has 0 radical (unpaired) electrons. The third-order valence-electron chi connectivity index (χ3n) is 4.91. The topological polar surface area (TPSA) is 117 Å². The number of nitrogens with one attached hydrogen (secondary N) is 2. The summed E-state index contributed by atoms with van der Waals surface area (Å²) < 4.78 is 5.85. The van der Waals surface area contributed by atoms with E-state index < -0.39 is 5.91 Å². The molecular weight excluding hydrogens is 384 g/mol. The average Bonchev–Trinajstić information content (AvgIpc) is 3.10. The second-order valence-corrected chi connectivity index (χ2v) is 6.91. The van der Waals surface area contributed by atoms with E-state index >= 15 is 0 Å². The number of aromatic hydroxyl groups is 1. The third kappa shape index (κ3) is 3.80. The van der Waals surface area contributed by atoms with Crippen molar-refractivity contribution in [2.45, 2.75) is 26.2 Å². The first-order valence-corrected chi connectivity index (χ1v) is 9.53. The monoisotopic (exact) mass is 404 g/mol. The van der Waals surface area contributed by atoms with E-state index in [0.717, 1.165) is 12.0 Å². The van der Waals surface area contributed by atoms with E-state index in [-0.39, 0.29) is 23.0 Å². The van der Waals surface area contributed by atoms with Crippen LogP contribution >= 0.6 is 0 Å². The summed E-state index contributed by atoms with van der Waals surface area (Å²) in [4.78, 5) is 29.0. The minimum Gasteiger partial charge on any atom is -0.507 e. The lowest BCUT2D eigenvalue weighted by Crippen LogP contribution is -2.22. The lowest BCUT2D eigenvalue weighted by atomic mass is 9.93. The number of fused-ring (bicyclic) bond motifs is 1. The van der Waals surface area contributed by atoms with Crippen molar-refractivity contribution in [2.24, 2.45) is 5.10 Å². The highest BCUT2D eigenvalue weighted by atomic mass is 16.4. The number of furan rings is 1. The summed E-state index contributed by atoms with van der Waals surface area (Å²) in [7, 11) is 0. The van der Waals surface area contributed by atoms with Gasteiger partial charge in [0.05, 0.1) is 11.3 Å². The maximum atomic E-state index is 12.7. The highest BCUT2D eigenvalue weighted by molar-refractivity contribution is 6.09. The number of phenols is 1. The SMILES string of the molecule is Cc1c(C(=O)Nc2ccncc2)oc2c1/C(=N/NC(=O)c1ccccc1O)CCC2. The normalized spacial score (nSPS) is 14.2. The van der Waals surface area contributed by atoms with E-state index in [0.29, 0.717) is 35.6 Å². The Morgan fingerprint density at radius 1 is 1.10 bits per heavy atom. The van der Waals surface area contributed by atoms with Gasteiger partial charge in [-0.15, -0.1) is 0 Å². The van der Waals surface area contributed by atoms with E-state index in [4.69, 9.17) is 4.42 Å². The van der Waals surface area contributed by atoms with Crippen LogP contribution in [0.3, 0.4) is 0 Å². The number of rotatable bonds is 4. The first-order chi connectivity index (χ1) is 14.5. The van der Waals surface area contributed by atoms with Gasteiger partial charge in [-0.05, 0) is 44.0 Å². The summed E-state index contributed by atoms with van der Waals surface area (Å²) in [5, 5.41) is 16.9. The first-order valence-electron chi connectivity index (χ1n) is 9.53. The molecule has 0 saturated heterocycles. The molecule has 2 aromatic heterocycles. The van der Waals surface area contributed by atoms with E-state index in [1.54, 1.807) is 43.6 Å². The number of pyridine rings is 1. The Balaban J connectivity index is 1.58. The van der Waals surface area contributed by atoms with Crippen molar-refractivity contribution in [2.75, 3.05) is 5.32 Å². The molecule has 0 bridgehead atoms. The molecule has 8 heteroatoms. The number of carbonyl (C=O) groups is 2. The molecule has 152 valence electrons. The number of carbonyl (C=O) groups excluding carboxylic acids is 2. The largest absolute Gasteiger partial charge is 0.507 e. The molecule has 2 heterocycles. The molecule has 0 unspecified atom stereocenters. The number of hydrogen-bond donors (Lipinski definition) is 3. The number of benzene rings is 1. The number of aromatic nitrogens is 1. The summed E-state index contributed by atoms with van der Waals surface area (Å²) >= 11 is 0. The Morgan fingerprint density at radius 3 is 2.63 bits per heavy atom. The highest BCUT2D eigenvalue weighted by Gasteiger charge is 2.28. The summed E-state index contributed by atoms with van der Waals surface area (Å²) in [5.74, 6) is -0.0862. The van der Waals surface area contributed by atoms with Crippen LogP contribution in [0.25, 0.3) is 0 Å². The quantitative estimate of drug-likeness (QED) is 0.576. The Labute approximate surface area is 172 Å². The Kier molecular flexibility index (Phi) is 5.30. The van der Waals surface area contributed by atoms with Crippen molar-refractivity contribution < 1.29 is 19.1 Å². The van der Waals surface area contributed by atoms with E-state index in [9.17, 15) is 14.7 Å². The van der Waals surface area contributed by atoms with Gasteiger partial charge in [0.2, 0.25) is 0 Å². The smallest absolute Gasteiger partial charge is 0.291 e. The van der Waals surface area contributed by atoms with Crippen molar-refractivity contribution in [1.29, 1.82) is 0 Å². The van der Waals surface area contributed by atoms with Crippen molar-refractivity contribution in [3.8, 4) is 5.75 Å². The van der Waals surface area contributed by atoms with E-state index in [1.165, 1.54) is 12.1 Å². The zero-order valence-electron chi connectivity index (χ0n) is 16.3. The predicted molar refractivity (Wildman–Crippen MR) is 111 cm³/mol. The van der Waals surface area contributed by atoms with Gasteiger partial charge in [0.15, 0.2) is 5.76 Å². The van der Waals surface area contributed by atoms with Crippen LogP contribution in [0.4, 0.5) is 5.69 Å². The van der Waals surface area contributed by atoms with Crippen LogP contribution in [0.1, 0.15) is 50.6 Å². The molecular formula is C22H20N4O4. The Bertz CT molecular complexity index is 1140. The van der Waals surface area contributed by atoms with Crippen LogP contribution in [0, 0.1) is 6.92 Å². The Morgan fingerprint density at radius 2 is 1.87 bits per heavy atom. The molecule has 30 heavy (non-hydrogen) atoms. The van der Waals surface area contributed by atoms with Crippen LogP contribution < -0.4 is 10.7 Å². The molecule has 8 nitrogen and oxygen atoms in total. The van der Waals surface area contributed by atoms with Gasteiger partial charge in [-0.25, -0.2) is 5.43 Å². The summed E-state index contributed by atoms with van der Waals surface area (Å²) in [6.45, 7) is 1.80. The van der Waals surface area contributed by atoms with Gasteiger partial charge in [-0.2, -0.15) is 5.10 Å². The third-order valence-corrected chi connectivity index (χ3v) is 4.91. The molecule has 3 N–H and O–H groups in total. The van der Waals surface area contributed by atoms with Crippen LogP contribution in [0.2, 0.25) is 0 Å². The molecule has 1 aliphatic carbocycles.